The van der Waals surface area contributed by atoms with E-state index >= 15 is 0 Å². The van der Waals surface area contributed by atoms with Gasteiger partial charge < -0.3 is 15.3 Å². The van der Waals surface area contributed by atoms with E-state index in [1.165, 1.54) is 11.3 Å². The summed E-state index contributed by atoms with van der Waals surface area (Å²) in [5, 5.41) is 12.0. The molecular formula is C18H28N2O2. The van der Waals surface area contributed by atoms with Gasteiger partial charge in [0.25, 0.3) is 0 Å². The molecule has 1 fully saturated rings. The monoisotopic (exact) mass is 304 g/mol. The molecule has 0 amide bonds. The number of aliphatic carboxylic acids is 1. The van der Waals surface area contributed by atoms with E-state index in [0.29, 0.717) is 12.6 Å². The van der Waals surface area contributed by atoms with E-state index in [1.54, 1.807) is 0 Å². The summed E-state index contributed by atoms with van der Waals surface area (Å²) < 4.78 is 0. The van der Waals surface area contributed by atoms with Gasteiger partial charge >= 0.3 is 5.97 Å². The number of nitrogens with zero attached hydrogens (tertiary/aromatic N) is 1. The van der Waals surface area contributed by atoms with Crippen LogP contribution in [0.1, 0.15) is 45.6 Å². The highest BCUT2D eigenvalue weighted by atomic mass is 16.4. The number of benzene rings is 1. The van der Waals surface area contributed by atoms with Crippen LogP contribution >= 0.6 is 0 Å². The molecule has 0 atom stereocenters. The van der Waals surface area contributed by atoms with Crippen molar-refractivity contribution in [1.82, 2.24) is 5.32 Å². The fourth-order valence-corrected chi connectivity index (χ4v) is 2.90. The van der Waals surface area contributed by atoms with Gasteiger partial charge in [-0.2, -0.15) is 0 Å². The summed E-state index contributed by atoms with van der Waals surface area (Å²) in [6.45, 7) is 9.32. The van der Waals surface area contributed by atoms with Crippen molar-refractivity contribution in [3.63, 3.8) is 0 Å². The Morgan fingerprint density at radius 2 is 1.82 bits per heavy atom. The van der Waals surface area contributed by atoms with Gasteiger partial charge in [-0.05, 0) is 36.0 Å². The van der Waals surface area contributed by atoms with Crippen LogP contribution in [0.15, 0.2) is 24.3 Å². The molecule has 0 radical (unpaired) electrons. The minimum atomic E-state index is -0.733. The zero-order valence-electron chi connectivity index (χ0n) is 13.9. The Morgan fingerprint density at radius 3 is 2.32 bits per heavy atom. The van der Waals surface area contributed by atoms with Crippen molar-refractivity contribution in [2.75, 3.05) is 24.5 Å². The third-order valence-corrected chi connectivity index (χ3v) is 4.37. The second-order valence-corrected chi connectivity index (χ2v) is 7.16. The Hall–Kier alpha value is -1.55. The quantitative estimate of drug-likeness (QED) is 0.878. The summed E-state index contributed by atoms with van der Waals surface area (Å²) >= 11 is 0. The second kappa shape index (κ2) is 7.14. The number of piperidine rings is 1. The van der Waals surface area contributed by atoms with Crippen molar-refractivity contribution in [3.05, 3.63) is 29.8 Å². The maximum Gasteiger partial charge on any atom is 0.304 e. The lowest BCUT2D eigenvalue weighted by Crippen LogP contribution is -2.43. The van der Waals surface area contributed by atoms with E-state index in [1.807, 2.05) is 0 Å². The van der Waals surface area contributed by atoms with Crippen molar-refractivity contribution >= 4 is 11.7 Å². The van der Waals surface area contributed by atoms with Gasteiger partial charge in [0.15, 0.2) is 0 Å². The molecule has 1 aromatic carbocycles. The molecule has 0 spiro atoms. The molecule has 1 heterocycles. The molecule has 0 aliphatic carbocycles. The number of rotatable bonds is 5. The Bertz CT molecular complexity index is 483. The zero-order valence-corrected chi connectivity index (χ0v) is 13.9. The highest BCUT2D eigenvalue weighted by Crippen LogP contribution is 2.26. The zero-order chi connectivity index (χ0) is 16.2. The maximum absolute atomic E-state index is 10.5. The summed E-state index contributed by atoms with van der Waals surface area (Å²) in [6.07, 6.45) is 2.34. The van der Waals surface area contributed by atoms with Crippen molar-refractivity contribution in [2.45, 2.75) is 51.5 Å². The number of carboxylic acid groups (broad SMARTS) is 1. The molecule has 4 nitrogen and oxygen atoms in total. The van der Waals surface area contributed by atoms with Crippen LogP contribution < -0.4 is 10.2 Å². The molecule has 1 aliphatic heterocycles. The summed E-state index contributed by atoms with van der Waals surface area (Å²) in [4.78, 5) is 12.9. The Labute approximate surface area is 133 Å². The van der Waals surface area contributed by atoms with Crippen LogP contribution in [0.4, 0.5) is 5.69 Å². The molecule has 1 aromatic rings. The van der Waals surface area contributed by atoms with Gasteiger partial charge in [0.1, 0.15) is 0 Å². The standard InChI is InChI=1S/C18H28N2O2/c1-18(2,3)14-4-6-16(7-5-14)20-12-9-15(10-13-20)19-11-8-17(21)22/h4-7,15,19H,8-13H2,1-3H3,(H,21,22). The van der Waals surface area contributed by atoms with Crippen LogP contribution in [0, 0.1) is 0 Å². The molecule has 0 aromatic heterocycles. The number of hydrogen-bond donors (Lipinski definition) is 2. The van der Waals surface area contributed by atoms with Gasteiger partial charge in [0.2, 0.25) is 0 Å². The van der Waals surface area contributed by atoms with E-state index in [0.717, 1.165) is 25.9 Å². The van der Waals surface area contributed by atoms with E-state index in [2.05, 4.69) is 55.3 Å². The van der Waals surface area contributed by atoms with Gasteiger partial charge in [-0.15, -0.1) is 0 Å². The van der Waals surface area contributed by atoms with Gasteiger partial charge in [-0.25, -0.2) is 0 Å². The largest absolute Gasteiger partial charge is 0.481 e. The van der Waals surface area contributed by atoms with E-state index in [4.69, 9.17) is 5.11 Å². The first-order valence-corrected chi connectivity index (χ1v) is 8.17. The fraction of sp³-hybridized carbons (Fsp3) is 0.611. The van der Waals surface area contributed by atoms with E-state index < -0.39 is 5.97 Å². The molecule has 0 bridgehead atoms. The Kier molecular flexibility index (Phi) is 5.46. The van der Waals surface area contributed by atoms with Gasteiger partial charge in [0, 0.05) is 31.4 Å². The Morgan fingerprint density at radius 1 is 1.23 bits per heavy atom. The number of hydrogen-bond acceptors (Lipinski definition) is 3. The molecule has 1 saturated heterocycles. The minimum Gasteiger partial charge on any atom is -0.481 e. The van der Waals surface area contributed by atoms with E-state index in [-0.39, 0.29) is 11.8 Å². The first kappa shape index (κ1) is 16.8. The Balaban J connectivity index is 1.82. The van der Waals surface area contributed by atoms with Crippen molar-refractivity contribution in [3.8, 4) is 0 Å². The first-order chi connectivity index (χ1) is 10.4. The molecular weight excluding hydrogens is 276 g/mol. The van der Waals surface area contributed by atoms with Crippen LogP contribution in [-0.4, -0.2) is 36.8 Å². The predicted molar refractivity (Wildman–Crippen MR) is 90.6 cm³/mol. The van der Waals surface area contributed by atoms with Crippen molar-refractivity contribution in [1.29, 1.82) is 0 Å². The topological polar surface area (TPSA) is 52.6 Å². The molecule has 0 unspecified atom stereocenters. The number of carboxylic acids is 1. The maximum atomic E-state index is 10.5. The molecule has 2 rings (SSSR count). The van der Waals surface area contributed by atoms with Crippen LogP contribution in [0.5, 0.6) is 0 Å². The fourth-order valence-electron chi connectivity index (χ4n) is 2.90. The highest BCUT2D eigenvalue weighted by molar-refractivity contribution is 5.66. The van der Waals surface area contributed by atoms with Crippen molar-refractivity contribution < 1.29 is 9.90 Å². The summed E-state index contributed by atoms with van der Waals surface area (Å²) in [7, 11) is 0. The third kappa shape index (κ3) is 4.73. The first-order valence-electron chi connectivity index (χ1n) is 8.17. The molecule has 4 heteroatoms. The molecule has 0 saturated carbocycles. The predicted octanol–water partition coefficient (Wildman–Crippen LogP) is 3.02. The highest BCUT2D eigenvalue weighted by Gasteiger charge is 2.20. The third-order valence-electron chi connectivity index (χ3n) is 4.37. The summed E-state index contributed by atoms with van der Waals surface area (Å²) in [6, 6.07) is 9.35. The van der Waals surface area contributed by atoms with Crippen LogP contribution in [-0.2, 0) is 10.2 Å². The average molecular weight is 304 g/mol. The number of anilines is 1. The molecule has 22 heavy (non-hydrogen) atoms. The lowest BCUT2D eigenvalue weighted by Gasteiger charge is -2.34. The molecule has 122 valence electrons. The summed E-state index contributed by atoms with van der Waals surface area (Å²) in [5.74, 6) is -0.733. The van der Waals surface area contributed by atoms with E-state index in [9.17, 15) is 4.79 Å². The van der Waals surface area contributed by atoms with Gasteiger partial charge in [-0.3, -0.25) is 4.79 Å². The van der Waals surface area contributed by atoms with Gasteiger partial charge in [-0.1, -0.05) is 32.9 Å². The second-order valence-electron chi connectivity index (χ2n) is 7.16. The minimum absolute atomic E-state index is 0.194. The van der Waals surface area contributed by atoms with Crippen LogP contribution in [0.3, 0.4) is 0 Å². The lowest BCUT2D eigenvalue weighted by atomic mass is 9.87. The van der Waals surface area contributed by atoms with Crippen molar-refractivity contribution in [2.24, 2.45) is 0 Å². The summed E-state index contributed by atoms with van der Waals surface area (Å²) in [5.41, 5.74) is 2.85. The van der Waals surface area contributed by atoms with Gasteiger partial charge in [0.05, 0.1) is 6.42 Å². The number of nitrogens with one attached hydrogen (secondary N) is 1. The average Bonchev–Trinajstić information content (AvgIpc) is 2.47. The van der Waals surface area contributed by atoms with Crippen LogP contribution in [0.2, 0.25) is 0 Å². The molecule has 2 N–H and O–H groups in total. The molecule has 1 aliphatic rings. The smallest absolute Gasteiger partial charge is 0.304 e. The number of carbonyl (C=O) groups is 1. The SMILES string of the molecule is CC(C)(C)c1ccc(N2CCC(NCCC(=O)O)CC2)cc1. The lowest BCUT2D eigenvalue weighted by molar-refractivity contribution is -0.136. The normalized spacial score (nSPS) is 16.8. The van der Waals surface area contributed by atoms with Crippen LogP contribution in [0.25, 0.3) is 0 Å².